The van der Waals surface area contributed by atoms with Crippen LogP contribution in [0.3, 0.4) is 0 Å². The van der Waals surface area contributed by atoms with Gasteiger partial charge in [0.15, 0.2) is 5.82 Å². The number of rotatable bonds is 6. The van der Waals surface area contributed by atoms with Crippen LogP contribution in [0.4, 0.5) is 0 Å². The Bertz CT molecular complexity index is 309. The van der Waals surface area contributed by atoms with Gasteiger partial charge in [-0.25, -0.2) is 9.97 Å². The zero-order chi connectivity index (χ0) is 11.1. The summed E-state index contributed by atoms with van der Waals surface area (Å²) in [7, 11) is 1.62. The number of ether oxygens (including phenoxy) is 1. The number of halogens is 1. The van der Waals surface area contributed by atoms with Crippen molar-refractivity contribution in [3.05, 3.63) is 17.0 Å². The number of hydrogen-bond acceptors (Lipinski definition) is 4. The van der Waals surface area contributed by atoms with Crippen LogP contribution in [0, 0.1) is 0 Å². The summed E-state index contributed by atoms with van der Waals surface area (Å²) in [6, 6.07) is 1.79. The highest BCUT2D eigenvalue weighted by Gasteiger charge is 2.03. The predicted molar refractivity (Wildman–Crippen MR) is 63.4 cm³/mol. The second kappa shape index (κ2) is 7.04. The van der Waals surface area contributed by atoms with Gasteiger partial charge in [0.25, 0.3) is 0 Å². The Morgan fingerprint density at radius 2 is 2.27 bits per heavy atom. The van der Waals surface area contributed by atoms with E-state index in [0.29, 0.717) is 17.6 Å². The van der Waals surface area contributed by atoms with Crippen LogP contribution in [0.15, 0.2) is 11.1 Å². The van der Waals surface area contributed by atoms with Gasteiger partial charge in [-0.15, -0.1) is 11.8 Å². The minimum absolute atomic E-state index is 0.405. The standard InChI is InChI=1S/C10H15ClN2OS/c1-3-4-5-15-10-6-8(11)12-9(13-10)7-14-2/h6H,3-5,7H2,1-2H3. The van der Waals surface area contributed by atoms with Crippen molar-refractivity contribution in [1.29, 1.82) is 0 Å². The molecule has 0 unspecified atom stereocenters. The van der Waals surface area contributed by atoms with E-state index in [1.54, 1.807) is 24.9 Å². The fourth-order valence-corrected chi connectivity index (χ4v) is 2.30. The summed E-state index contributed by atoms with van der Waals surface area (Å²) in [6.45, 7) is 2.58. The van der Waals surface area contributed by atoms with Gasteiger partial charge in [-0.3, -0.25) is 0 Å². The van der Waals surface area contributed by atoms with Gasteiger partial charge in [0.05, 0.1) is 0 Å². The summed E-state index contributed by atoms with van der Waals surface area (Å²) in [6.07, 6.45) is 2.38. The van der Waals surface area contributed by atoms with Crippen LogP contribution in [0.1, 0.15) is 25.6 Å². The molecule has 0 bridgehead atoms. The zero-order valence-corrected chi connectivity index (χ0v) is 10.6. The number of hydrogen-bond donors (Lipinski definition) is 0. The second-order valence-electron chi connectivity index (χ2n) is 3.08. The Morgan fingerprint density at radius 3 is 2.93 bits per heavy atom. The first-order valence-corrected chi connectivity index (χ1v) is 6.27. The molecular weight excluding hydrogens is 232 g/mol. The third-order valence-corrected chi connectivity index (χ3v) is 2.93. The molecule has 0 aromatic carbocycles. The monoisotopic (exact) mass is 246 g/mol. The van der Waals surface area contributed by atoms with Crippen molar-refractivity contribution in [3.8, 4) is 0 Å². The summed E-state index contributed by atoms with van der Waals surface area (Å²) in [5.74, 6) is 1.71. The SMILES string of the molecule is CCCCSc1cc(Cl)nc(COC)n1. The topological polar surface area (TPSA) is 35.0 Å². The van der Waals surface area contributed by atoms with Crippen LogP contribution >= 0.6 is 23.4 Å². The van der Waals surface area contributed by atoms with Crippen molar-refractivity contribution in [2.24, 2.45) is 0 Å². The lowest BCUT2D eigenvalue weighted by Gasteiger charge is -2.03. The second-order valence-corrected chi connectivity index (χ2v) is 4.58. The average Bonchev–Trinajstić information content (AvgIpc) is 2.18. The van der Waals surface area contributed by atoms with Crippen molar-refractivity contribution >= 4 is 23.4 Å². The normalized spacial score (nSPS) is 10.6. The van der Waals surface area contributed by atoms with Crippen LogP contribution in [-0.4, -0.2) is 22.8 Å². The molecule has 5 heteroatoms. The summed E-state index contributed by atoms with van der Waals surface area (Å²) in [5, 5.41) is 1.41. The predicted octanol–water partition coefficient (Wildman–Crippen LogP) is 3.17. The molecule has 0 N–H and O–H groups in total. The van der Waals surface area contributed by atoms with Gasteiger partial charge in [-0.2, -0.15) is 0 Å². The van der Waals surface area contributed by atoms with Crippen molar-refractivity contribution in [2.75, 3.05) is 12.9 Å². The third kappa shape index (κ3) is 4.82. The molecule has 1 rings (SSSR count). The Hall–Kier alpha value is -0.320. The van der Waals surface area contributed by atoms with E-state index in [0.717, 1.165) is 10.8 Å². The van der Waals surface area contributed by atoms with Gasteiger partial charge < -0.3 is 4.74 Å². The lowest BCUT2D eigenvalue weighted by Crippen LogP contribution is -1.98. The molecule has 1 heterocycles. The lowest BCUT2D eigenvalue weighted by molar-refractivity contribution is 0.177. The molecule has 3 nitrogen and oxygen atoms in total. The maximum atomic E-state index is 5.88. The van der Waals surface area contributed by atoms with E-state index in [1.807, 2.05) is 0 Å². The molecular formula is C10H15ClN2OS. The lowest BCUT2D eigenvalue weighted by atomic mass is 10.4. The minimum Gasteiger partial charge on any atom is -0.377 e. The number of unbranched alkanes of at least 4 members (excludes halogenated alkanes) is 1. The van der Waals surface area contributed by atoms with Crippen LogP contribution in [0.2, 0.25) is 5.15 Å². The largest absolute Gasteiger partial charge is 0.377 e. The number of thioether (sulfide) groups is 1. The summed E-state index contributed by atoms with van der Waals surface area (Å²) < 4.78 is 4.97. The maximum absolute atomic E-state index is 5.88. The fourth-order valence-electron chi connectivity index (χ4n) is 1.03. The van der Waals surface area contributed by atoms with Crippen molar-refractivity contribution in [1.82, 2.24) is 9.97 Å². The third-order valence-electron chi connectivity index (χ3n) is 1.74. The Labute approximate surface area is 99.6 Å². The number of methoxy groups -OCH3 is 1. The zero-order valence-electron chi connectivity index (χ0n) is 8.99. The summed E-state index contributed by atoms with van der Waals surface area (Å²) in [5.41, 5.74) is 0. The van der Waals surface area contributed by atoms with Gasteiger partial charge >= 0.3 is 0 Å². The minimum atomic E-state index is 0.405. The number of nitrogens with zero attached hydrogens (tertiary/aromatic N) is 2. The molecule has 0 aliphatic carbocycles. The molecule has 15 heavy (non-hydrogen) atoms. The van der Waals surface area contributed by atoms with Crippen LogP contribution in [0.5, 0.6) is 0 Å². The molecule has 84 valence electrons. The molecule has 1 aromatic rings. The van der Waals surface area contributed by atoms with E-state index in [4.69, 9.17) is 16.3 Å². The molecule has 0 aliphatic rings. The van der Waals surface area contributed by atoms with Crippen LogP contribution < -0.4 is 0 Å². The first kappa shape index (κ1) is 12.7. The molecule has 0 spiro atoms. The molecule has 0 saturated heterocycles. The smallest absolute Gasteiger partial charge is 0.156 e. The van der Waals surface area contributed by atoms with E-state index >= 15 is 0 Å². The van der Waals surface area contributed by atoms with Gasteiger partial charge in [0, 0.05) is 13.2 Å². The molecule has 0 aliphatic heterocycles. The quantitative estimate of drug-likeness (QED) is 0.439. The first-order chi connectivity index (χ1) is 7.26. The Balaban J connectivity index is 2.62. The molecule has 1 aromatic heterocycles. The van der Waals surface area contributed by atoms with Gasteiger partial charge in [-0.05, 0) is 12.2 Å². The fraction of sp³-hybridized carbons (Fsp3) is 0.600. The number of aromatic nitrogens is 2. The molecule has 0 atom stereocenters. The summed E-state index contributed by atoms with van der Waals surface area (Å²) >= 11 is 7.59. The van der Waals surface area contributed by atoms with E-state index < -0.39 is 0 Å². The average molecular weight is 247 g/mol. The first-order valence-electron chi connectivity index (χ1n) is 4.91. The highest BCUT2D eigenvalue weighted by atomic mass is 35.5. The van der Waals surface area contributed by atoms with Crippen LogP contribution in [0.25, 0.3) is 0 Å². The van der Waals surface area contributed by atoms with Crippen molar-refractivity contribution < 1.29 is 4.74 Å². The molecule has 0 fully saturated rings. The summed E-state index contributed by atoms with van der Waals surface area (Å²) in [4.78, 5) is 8.41. The van der Waals surface area contributed by atoms with E-state index in [9.17, 15) is 0 Å². The van der Waals surface area contributed by atoms with Crippen molar-refractivity contribution in [3.63, 3.8) is 0 Å². The Kier molecular flexibility index (Phi) is 5.98. The highest BCUT2D eigenvalue weighted by molar-refractivity contribution is 7.99. The van der Waals surface area contributed by atoms with E-state index in [2.05, 4.69) is 16.9 Å². The molecule has 0 amide bonds. The van der Waals surface area contributed by atoms with Crippen LogP contribution in [-0.2, 0) is 11.3 Å². The van der Waals surface area contributed by atoms with Crippen molar-refractivity contribution in [2.45, 2.75) is 31.4 Å². The van der Waals surface area contributed by atoms with Gasteiger partial charge in [0.2, 0.25) is 0 Å². The molecule has 0 saturated carbocycles. The van der Waals surface area contributed by atoms with Gasteiger partial charge in [0.1, 0.15) is 16.8 Å². The molecule has 0 radical (unpaired) electrons. The highest BCUT2D eigenvalue weighted by Crippen LogP contribution is 2.20. The van der Waals surface area contributed by atoms with E-state index in [-0.39, 0.29) is 0 Å². The van der Waals surface area contributed by atoms with Gasteiger partial charge in [-0.1, -0.05) is 24.9 Å². The Morgan fingerprint density at radius 1 is 1.47 bits per heavy atom. The van der Waals surface area contributed by atoms with E-state index in [1.165, 1.54) is 12.8 Å². The maximum Gasteiger partial charge on any atom is 0.156 e.